The molecule has 0 fully saturated rings. The number of ketones is 1. The summed E-state index contributed by atoms with van der Waals surface area (Å²) in [6.45, 7) is 5.18. The van der Waals surface area contributed by atoms with E-state index in [0.29, 0.717) is 28.8 Å². The van der Waals surface area contributed by atoms with Crippen LogP contribution in [0.3, 0.4) is 0 Å². The number of ether oxygens (including phenoxy) is 2. The van der Waals surface area contributed by atoms with Crippen molar-refractivity contribution in [3.05, 3.63) is 106 Å². The fraction of sp³-hybridized carbons (Fsp3) is 0.226. The molecule has 1 N–H and O–H groups in total. The van der Waals surface area contributed by atoms with Crippen molar-refractivity contribution < 1.29 is 28.6 Å². The maximum absolute atomic E-state index is 13.5. The summed E-state index contributed by atoms with van der Waals surface area (Å²) in [6, 6.07) is 20.4. The van der Waals surface area contributed by atoms with E-state index >= 15 is 0 Å². The Morgan fingerprint density at radius 3 is 2.39 bits per heavy atom. The van der Waals surface area contributed by atoms with Crippen LogP contribution in [0.15, 0.2) is 72.8 Å². The minimum Gasteiger partial charge on any atom is -0.479 e. The molecule has 4 rings (SSSR count). The van der Waals surface area contributed by atoms with Crippen molar-refractivity contribution in [3.8, 4) is 5.75 Å². The second kappa shape index (κ2) is 11.9. The number of aromatic nitrogens is 1. The highest BCUT2D eigenvalue weighted by Crippen LogP contribution is 2.31. The van der Waals surface area contributed by atoms with Gasteiger partial charge in [0.05, 0.1) is 12.2 Å². The second-order valence-electron chi connectivity index (χ2n) is 9.13. The van der Waals surface area contributed by atoms with E-state index in [4.69, 9.17) is 14.6 Å². The molecular formula is C31H30FNO5. The van der Waals surface area contributed by atoms with E-state index < -0.39 is 18.9 Å². The Hall–Kier alpha value is -4.23. The Labute approximate surface area is 220 Å². The number of halogens is 1. The molecule has 0 radical (unpaired) electrons. The first-order valence-corrected chi connectivity index (χ1v) is 12.3. The Bertz CT molecular complexity index is 1470. The van der Waals surface area contributed by atoms with Gasteiger partial charge in [0.1, 0.15) is 5.75 Å². The highest BCUT2D eigenvalue weighted by Gasteiger charge is 2.21. The first-order chi connectivity index (χ1) is 18.3. The molecule has 1 heterocycles. The van der Waals surface area contributed by atoms with Crippen molar-refractivity contribution in [2.24, 2.45) is 0 Å². The van der Waals surface area contributed by atoms with Gasteiger partial charge < -0.3 is 19.1 Å². The number of carboxylic acid groups (broad SMARTS) is 1. The molecule has 0 aliphatic heterocycles. The third kappa shape index (κ3) is 6.01. The van der Waals surface area contributed by atoms with Crippen LogP contribution in [0.4, 0.5) is 4.39 Å². The van der Waals surface area contributed by atoms with Crippen LogP contribution in [0.2, 0.25) is 0 Å². The average molecular weight is 516 g/mol. The van der Waals surface area contributed by atoms with Crippen molar-refractivity contribution in [2.45, 2.75) is 40.0 Å². The lowest BCUT2D eigenvalue weighted by molar-refractivity contribution is -0.149. The van der Waals surface area contributed by atoms with Crippen LogP contribution in [0, 0.1) is 13.8 Å². The lowest BCUT2D eigenvalue weighted by Gasteiger charge is -2.08. The normalized spacial score (nSPS) is 12.2. The number of alkyl halides is 1. The number of aryl methyl sites for hydroxylation is 1. The van der Waals surface area contributed by atoms with E-state index in [1.54, 1.807) is 12.1 Å². The monoisotopic (exact) mass is 515 g/mol. The first-order valence-electron chi connectivity index (χ1n) is 12.3. The fourth-order valence-corrected chi connectivity index (χ4v) is 4.30. The third-order valence-corrected chi connectivity index (χ3v) is 6.48. The number of carboxylic acids is 1. The number of fused-ring (bicyclic) bond motifs is 1. The first kappa shape index (κ1) is 26.8. The minimum absolute atomic E-state index is 0.0948. The van der Waals surface area contributed by atoms with Gasteiger partial charge in [-0.3, -0.25) is 4.79 Å². The van der Waals surface area contributed by atoms with Crippen molar-refractivity contribution in [1.82, 2.24) is 4.57 Å². The predicted octanol–water partition coefficient (Wildman–Crippen LogP) is 6.50. The summed E-state index contributed by atoms with van der Waals surface area (Å²) < 4.78 is 25.3. The summed E-state index contributed by atoms with van der Waals surface area (Å²) in [5, 5.41) is 9.66. The zero-order valence-corrected chi connectivity index (χ0v) is 21.6. The molecule has 0 spiro atoms. The Morgan fingerprint density at radius 2 is 1.74 bits per heavy atom. The van der Waals surface area contributed by atoms with Crippen LogP contribution in [0.5, 0.6) is 5.75 Å². The molecule has 1 aromatic heterocycles. The standard InChI is InChI=1S/C31H30FNO5/c1-20-6-12-25(13-7-20)30(34)29-21(2)33(28-15-14-26(38-19-32)17-27(28)29)16-4-5-23-8-10-24(11-9-23)18-37-22(3)31(35)36/h4-15,17,22H,16,18-19H2,1-3H3,(H,35,36)/b5-4+/t22-/m1/s1. The molecule has 0 aliphatic rings. The van der Waals surface area contributed by atoms with Crippen molar-refractivity contribution in [1.29, 1.82) is 0 Å². The van der Waals surface area contributed by atoms with Crippen LogP contribution >= 0.6 is 0 Å². The maximum Gasteiger partial charge on any atom is 0.332 e. The van der Waals surface area contributed by atoms with Crippen LogP contribution in [-0.2, 0) is 22.7 Å². The average Bonchev–Trinajstić information content (AvgIpc) is 3.18. The number of hydrogen-bond acceptors (Lipinski definition) is 4. The largest absolute Gasteiger partial charge is 0.479 e. The molecule has 7 heteroatoms. The van der Waals surface area contributed by atoms with Gasteiger partial charge in [-0.15, -0.1) is 0 Å². The van der Waals surface area contributed by atoms with Gasteiger partial charge in [-0.2, -0.15) is 0 Å². The molecule has 196 valence electrons. The smallest absolute Gasteiger partial charge is 0.332 e. The van der Waals surface area contributed by atoms with Gasteiger partial charge in [0.25, 0.3) is 0 Å². The second-order valence-corrected chi connectivity index (χ2v) is 9.13. The number of aliphatic carboxylic acids is 1. The van der Waals surface area contributed by atoms with Crippen LogP contribution in [-0.4, -0.2) is 34.4 Å². The van der Waals surface area contributed by atoms with E-state index in [2.05, 4.69) is 4.57 Å². The van der Waals surface area contributed by atoms with Crippen molar-refractivity contribution in [3.63, 3.8) is 0 Å². The molecular weight excluding hydrogens is 485 g/mol. The zero-order chi connectivity index (χ0) is 27.2. The van der Waals surface area contributed by atoms with E-state index in [9.17, 15) is 14.0 Å². The van der Waals surface area contributed by atoms with E-state index in [-0.39, 0.29) is 12.4 Å². The number of carbonyl (C=O) groups is 2. The van der Waals surface area contributed by atoms with Crippen LogP contribution in [0.25, 0.3) is 17.0 Å². The number of rotatable bonds is 11. The Morgan fingerprint density at radius 1 is 1.03 bits per heavy atom. The van der Waals surface area contributed by atoms with Gasteiger partial charge >= 0.3 is 5.97 Å². The number of carbonyl (C=O) groups excluding carboxylic acids is 1. The van der Waals surface area contributed by atoms with Crippen molar-refractivity contribution >= 4 is 28.7 Å². The molecule has 38 heavy (non-hydrogen) atoms. The topological polar surface area (TPSA) is 77.8 Å². The van der Waals surface area contributed by atoms with E-state index in [1.165, 1.54) is 6.92 Å². The molecule has 3 aromatic carbocycles. The SMILES string of the molecule is Cc1ccc(C(=O)c2c(C)n(C/C=C/c3ccc(CO[C@H](C)C(=O)O)cc3)c3ccc(OCF)cc23)cc1. The summed E-state index contributed by atoms with van der Waals surface area (Å²) in [5.74, 6) is -0.720. The van der Waals surface area contributed by atoms with Gasteiger partial charge in [0.15, 0.2) is 11.9 Å². The van der Waals surface area contributed by atoms with Gasteiger partial charge in [0.2, 0.25) is 6.86 Å². The number of benzene rings is 3. The van der Waals surface area contributed by atoms with Gasteiger partial charge in [-0.1, -0.05) is 66.2 Å². The summed E-state index contributed by atoms with van der Waals surface area (Å²) in [5.41, 5.74) is 5.76. The molecule has 6 nitrogen and oxygen atoms in total. The third-order valence-electron chi connectivity index (χ3n) is 6.48. The summed E-state index contributed by atoms with van der Waals surface area (Å²) in [6.07, 6.45) is 3.13. The quantitative estimate of drug-likeness (QED) is 0.231. The molecule has 0 bridgehead atoms. The molecule has 1 atom stereocenters. The van der Waals surface area contributed by atoms with Gasteiger partial charge in [0, 0.05) is 28.7 Å². The van der Waals surface area contributed by atoms with Crippen LogP contribution < -0.4 is 4.74 Å². The molecule has 0 saturated carbocycles. The lowest BCUT2D eigenvalue weighted by atomic mass is 9.99. The highest BCUT2D eigenvalue weighted by atomic mass is 19.1. The fourth-order valence-electron chi connectivity index (χ4n) is 4.30. The summed E-state index contributed by atoms with van der Waals surface area (Å²) >= 11 is 0. The summed E-state index contributed by atoms with van der Waals surface area (Å²) in [4.78, 5) is 24.5. The lowest BCUT2D eigenvalue weighted by Crippen LogP contribution is -2.19. The highest BCUT2D eigenvalue weighted by molar-refractivity contribution is 6.17. The summed E-state index contributed by atoms with van der Waals surface area (Å²) in [7, 11) is 0. The number of nitrogens with zero attached hydrogens (tertiary/aromatic N) is 1. The van der Waals surface area contributed by atoms with E-state index in [0.717, 1.165) is 27.9 Å². The minimum atomic E-state index is -0.993. The predicted molar refractivity (Wildman–Crippen MR) is 145 cm³/mol. The van der Waals surface area contributed by atoms with Gasteiger partial charge in [-0.25, -0.2) is 9.18 Å². The molecule has 0 amide bonds. The number of hydrogen-bond donors (Lipinski definition) is 1. The van der Waals surface area contributed by atoms with Gasteiger partial charge in [-0.05, 0) is 50.1 Å². The molecule has 0 unspecified atom stereocenters. The van der Waals surface area contributed by atoms with Crippen molar-refractivity contribution in [2.75, 3.05) is 6.86 Å². The number of allylic oxidation sites excluding steroid dienone is 1. The Kier molecular flexibility index (Phi) is 8.38. The van der Waals surface area contributed by atoms with E-state index in [1.807, 2.05) is 80.6 Å². The molecule has 4 aromatic rings. The zero-order valence-electron chi connectivity index (χ0n) is 21.6. The molecule has 0 aliphatic carbocycles. The van der Waals surface area contributed by atoms with Crippen LogP contribution in [0.1, 0.15) is 45.2 Å². The maximum atomic E-state index is 13.5. The Balaban J connectivity index is 1.59. The molecule has 0 saturated heterocycles.